The van der Waals surface area contributed by atoms with Crippen molar-refractivity contribution in [1.29, 1.82) is 0 Å². The van der Waals surface area contributed by atoms with Crippen LogP contribution in [0.15, 0.2) is 34.8 Å². The number of halogens is 3. The van der Waals surface area contributed by atoms with E-state index in [9.17, 15) is 9.18 Å². The molecule has 0 atom stereocenters. The first-order valence-corrected chi connectivity index (χ1v) is 7.90. The second kappa shape index (κ2) is 7.66. The molecule has 1 amide bonds. The Morgan fingerprint density at radius 1 is 1.35 bits per heavy atom. The van der Waals surface area contributed by atoms with Gasteiger partial charge in [0, 0.05) is 11.3 Å². The van der Waals surface area contributed by atoms with Gasteiger partial charge in [0.1, 0.15) is 5.82 Å². The lowest BCUT2D eigenvalue weighted by atomic mass is 10.1. The molecule has 0 fully saturated rings. The van der Waals surface area contributed by atoms with Crippen LogP contribution < -0.4 is 14.8 Å². The fourth-order valence-electron chi connectivity index (χ4n) is 1.94. The van der Waals surface area contributed by atoms with Gasteiger partial charge in [-0.05, 0) is 53.2 Å². The van der Waals surface area contributed by atoms with Crippen molar-refractivity contribution in [2.45, 2.75) is 6.92 Å². The van der Waals surface area contributed by atoms with Crippen LogP contribution in [0.5, 0.6) is 11.5 Å². The molecule has 0 aliphatic carbocycles. The average molecular weight is 403 g/mol. The molecule has 7 heteroatoms. The van der Waals surface area contributed by atoms with Crippen molar-refractivity contribution >= 4 is 39.1 Å². The van der Waals surface area contributed by atoms with Crippen LogP contribution in [-0.4, -0.2) is 19.6 Å². The summed E-state index contributed by atoms with van der Waals surface area (Å²) in [6, 6.07) is 7.15. The highest BCUT2D eigenvalue weighted by Gasteiger charge is 2.16. The minimum absolute atomic E-state index is 0.0614. The Hall–Kier alpha value is -1.79. The van der Waals surface area contributed by atoms with E-state index >= 15 is 0 Å². The molecular formula is C16H14BrClFNO3. The topological polar surface area (TPSA) is 47.6 Å². The van der Waals surface area contributed by atoms with Crippen molar-refractivity contribution in [3.05, 3.63) is 51.2 Å². The Morgan fingerprint density at radius 2 is 2.09 bits per heavy atom. The van der Waals surface area contributed by atoms with E-state index in [-0.39, 0.29) is 10.9 Å². The summed E-state index contributed by atoms with van der Waals surface area (Å²) in [6.07, 6.45) is 0. The fraction of sp³-hybridized carbons (Fsp3) is 0.188. The smallest absolute Gasteiger partial charge is 0.255 e. The van der Waals surface area contributed by atoms with Crippen LogP contribution in [0.4, 0.5) is 10.1 Å². The van der Waals surface area contributed by atoms with Crippen LogP contribution in [0, 0.1) is 5.82 Å². The van der Waals surface area contributed by atoms with Gasteiger partial charge in [0.25, 0.3) is 5.91 Å². The van der Waals surface area contributed by atoms with Gasteiger partial charge in [-0.2, -0.15) is 0 Å². The van der Waals surface area contributed by atoms with Gasteiger partial charge in [-0.1, -0.05) is 11.6 Å². The molecule has 4 nitrogen and oxygen atoms in total. The number of carbonyl (C=O) groups is 1. The molecule has 0 saturated heterocycles. The molecular weight excluding hydrogens is 389 g/mol. The Labute approximate surface area is 146 Å². The van der Waals surface area contributed by atoms with Crippen molar-refractivity contribution in [2.24, 2.45) is 0 Å². The number of carbonyl (C=O) groups excluding carboxylic acids is 1. The minimum Gasteiger partial charge on any atom is -0.492 e. The van der Waals surface area contributed by atoms with Gasteiger partial charge in [-0.15, -0.1) is 0 Å². The zero-order valence-corrected chi connectivity index (χ0v) is 14.8. The van der Waals surface area contributed by atoms with Gasteiger partial charge < -0.3 is 14.8 Å². The lowest BCUT2D eigenvalue weighted by molar-refractivity contribution is 0.102. The van der Waals surface area contributed by atoms with Crippen molar-refractivity contribution in [1.82, 2.24) is 0 Å². The first-order chi connectivity index (χ1) is 11.0. The number of methoxy groups -OCH3 is 1. The van der Waals surface area contributed by atoms with Gasteiger partial charge in [0.05, 0.1) is 23.2 Å². The summed E-state index contributed by atoms with van der Waals surface area (Å²) in [5.41, 5.74) is 0.757. The lowest BCUT2D eigenvalue weighted by Crippen LogP contribution is -2.12. The van der Waals surface area contributed by atoms with Gasteiger partial charge in [0.2, 0.25) is 0 Å². The summed E-state index contributed by atoms with van der Waals surface area (Å²) in [4.78, 5) is 12.4. The van der Waals surface area contributed by atoms with Gasteiger partial charge in [-0.25, -0.2) is 4.39 Å². The van der Waals surface area contributed by atoms with Crippen LogP contribution in [0.25, 0.3) is 0 Å². The molecule has 0 aliphatic heterocycles. The van der Waals surface area contributed by atoms with E-state index in [0.29, 0.717) is 33.8 Å². The van der Waals surface area contributed by atoms with E-state index in [0.717, 1.165) is 0 Å². The van der Waals surface area contributed by atoms with Crippen LogP contribution >= 0.6 is 27.5 Å². The monoisotopic (exact) mass is 401 g/mol. The molecule has 23 heavy (non-hydrogen) atoms. The number of amides is 1. The van der Waals surface area contributed by atoms with Crippen LogP contribution in [0.1, 0.15) is 17.3 Å². The maximum atomic E-state index is 13.2. The summed E-state index contributed by atoms with van der Waals surface area (Å²) in [7, 11) is 1.52. The van der Waals surface area contributed by atoms with Crippen molar-refractivity contribution in [2.75, 3.05) is 19.0 Å². The van der Waals surface area contributed by atoms with Crippen LogP contribution in [0.3, 0.4) is 0 Å². The first-order valence-electron chi connectivity index (χ1n) is 6.73. The maximum Gasteiger partial charge on any atom is 0.255 e. The van der Waals surface area contributed by atoms with Crippen LogP contribution in [-0.2, 0) is 0 Å². The number of hydrogen-bond donors (Lipinski definition) is 1. The summed E-state index contributed by atoms with van der Waals surface area (Å²) < 4.78 is 24.5. The highest BCUT2D eigenvalue weighted by Crippen LogP contribution is 2.36. The molecule has 0 aromatic heterocycles. The highest BCUT2D eigenvalue weighted by atomic mass is 79.9. The number of rotatable bonds is 5. The Morgan fingerprint density at radius 3 is 2.70 bits per heavy atom. The largest absolute Gasteiger partial charge is 0.492 e. The van der Waals surface area contributed by atoms with E-state index in [1.54, 1.807) is 12.1 Å². The summed E-state index contributed by atoms with van der Waals surface area (Å²) in [5.74, 6) is 0.0346. The van der Waals surface area contributed by atoms with E-state index in [1.807, 2.05) is 6.92 Å². The fourth-order valence-corrected chi connectivity index (χ4v) is 2.72. The van der Waals surface area contributed by atoms with Gasteiger partial charge >= 0.3 is 0 Å². The first kappa shape index (κ1) is 17.6. The molecule has 122 valence electrons. The van der Waals surface area contributed by atoms with E-state index in [2.05, 4.69) is 21.2 Å². The second-order valence-electron chi connectivity index (χ2n) is 4.51. The molecule has 0 unspecified atom stereocenters. The molecule has 0 radical (unpaired) electrons. The maximum absolute atomic E-state index is 13.2. The number of anilines is 1. The second-order valence-corrected chi connectivity index (χ2v) is 5.77. The Kier molecular flexibility index (Phi) is 5.85. The lowest BCUT2D eigenvalue weighted by Gasteiger charge is -2.13. The van der Waals surface area contributed by atoms with Gasteiger partial charge in [0.15, 0.2) is 11.5 Å². The molecule has 2 aromatic rings. The quantitative estimate of drug-likeness (QED) is 0.774. The normalized spacial score (nSPS) is 10.3. The van der Waals surface area contributed by atoms with Crippen molar-refractivity contribution < 1.29 is 18.7 Å². The molecule has 0 aliphatic rings. The summed E-state index contributed by atoms with van der Waals surface area (Å²) in [5, 5.41) is 2.59. The zero-order valence-electron chi connectivity index (χ0n) is 12.5. The Balaban J connectivity index is 2.29. The van der Waals surface area contributed by atoms with E-state index in [4.69, 9.17) is 21.1 Å². The molecule has 0 bridgehead atoms. The molecule has 1 N–H and O–H groups in total. The van der Waals surface area contributed by atoms with Gasteiger partial charge in [-0.3, -0.25) is 4.79 Å². The summed E-state index contributed by atoms with van der Waals surface area (Å²) >= 11 is 9.05. The van der Waals surface area contributed by atoms with E-state index in [1.165, 1.54) is 25.3 Å². The average Bonchev–Trinajstić information content (AvgIpc) is 2.51. The zero-order chi connectivity index (χ0) is 17.0. The van der Waals surface area contributed by atoms with Crippen LogP contribution in [0.2, 0.25) is 5.02 Å². The molecule has 2 rings (SSSR count). The number of ether oxygens (including phenoxy) is 2. The van der Waals surface area contributed by atoms with E-state index < -0.39 is 5.82 Å². The predicted octanol–water partition coefficient (Wildman–Crippen LogP) is 4.90. The third-order valence-corrected chi connectivity index (χ3v) is 3.83. The minimum atomic E-state index is -0.546. The van der Waals surface area contributed by atoms with Crippen molar-refractivity contribution in [3.8, 4) is 11.5 Å². The molecule has 2 aromatic carbocycles. The third kappa shape index (κ3) is 4.14. The number of nitrogens with one attached hydrogen (secondary N) is 1. The Bertz CT molecular complexity index is 740. The predicted molar refractivity (Wildman–Crippen MR) is 91.2 cm³/mol. The summed E-state index contributed by atoms with van der Waals surface area (Å²) in [6.45, 7) is 2.27. The number of benzene rings is 2. The number of hydrogen-bond acceptors (Lipinski definition) is 3. The van der Waals surface area contributed by atoms with Crippen molar-refractivity contribution in [3.63, 3.8) is 0 Å². The molecule has 0 heterocycles. The standard InChI is InChI=1S/C16H14BrClFNO3/c1-3-23-14-7-9(6-11(17)15(14)22-2)16(21)20-10-4-5-13(19)12(18)8-10/h4-8H,3H2,1-2H3,(H,20,21). The molecule has 0 saturated carbocycles. The highest BCUT2D eigenvalue weighted by molar-refractivity contribution is 9.10. The third-order valence-electron chi connectivity index (χ3n) is 2.95. The molecule has 0 spiro atoms. The SMILES string of the molecule is CCOc1cc(C(=O)Nc2ccc(F)c(Cl)c2)cc(Br)c1OC.